The zero-order chi connectivity index (χ0) is 14.7. The Balaban J connectivity index is 2.35. The van der Waals surface area contributed by atoms with Crippen LogP contribution in [0.4, 0.5) is 17.5 Å². The van der Waals surface area contributed by atoms with E-state index in [1.165, 1.54) is 6.20 Å². The van der Waals surface area contributed by atoms with Crippen LogP contribution in [0.2, 0.25) is 0 Å². The first kappa shape index (κ1) is 14.4. The predicted octanol–water partition coefficient (Wildman–Crippen LogP) is 1.17. The van der Waals surface area contributed by atoms with Crippen molar-refractivity contribution in [2.75, 3.05) is 24.3 Å². The number of hydrogen-bond donors (Lipinski definition) is 2. The van der Waals surface area contributed by atoms with Gasteiger partial charge in [0.2, 0.25) is 11.8 Å². The molecule has 0 radical (unpaired) electrons. The lowest BCUT2D eigenvalue weighted by molar-refractivity contribution is -0.384. The van der Waals surface area contributed by atoms with Gasteiger partial charge in [0, 0.05) is 14.1 Å². The predicted molar refractivity (Wildman–Crippen MR) is 74.9 cm³/mol. The van der Waals surface area contributed by atoms with Gasteiger partial charge in [-0.2, -0.15) is 4.98 Å². The molecule has 1 heterocycles. The van der Waals surface area contributed by atoms with Crippen LogP contribution >= 0.6 is 0 Å². The Morgan fingerprint density at radius 2 is 2.20 bits per heavy atom. The lowest BCUT2D eigenvalue weighted by Gasteiger charge is -2.35. The average molecular weight is 281 g/mol. The van der Waals surface area contributed by atoms with E-state index in [-0.39, 0.29) is 17.5 Å². The van der Waals surface area contributed by atoms with E-state index in [1.54, 1.807) is 19.0 Å². The fourth-order valence-corrected chi connectivity index (χ4v) is 2.58. The molecule has 2 unspecified atom stereocenters. The molecule has 0 saturated heterocycles. The van der Waals surface area contributed by atoms with Crippen LogP contribution in [-0.2, 0) is 0 Å². The molecule has 0 aliphatic heterocycles. The summed E-state index contributed by atoms with van der Waals surface area (Å²) >= 11 is 0. The van der Waals surface area contributed by atoms with E-state index in [0.717, 1.165) is 19.3 Å². The molecule has 8 nitrogen and oxygen atoms in total. The van der Waals surface area contributed by atoms with E-state index in [0.29, 0.717) is 12.4 Å². The number of aromatic nitrogens is 2. The zero-order valence-corrected chi connectivity index (χ0v) is 11.6. The minimum Gasteiger partial charge on any atom is -0.391 e. The molecule has 110 valence electrons. The van der Waals surface area contributed by atoms with Crippen molar-refractivity contribution in [3.63, 3.8) is 0 Å². The van der Waals surface area contributed by atoms with E-state index >= 15 is 0 Å². The van der Waals surface area contributed by atoms with Gasteiger partial charge in [-0.25, -0.2) is 4.98 Å². The highest BCUT2D eigenvalue weighted by Crippen LogP contribution is 2.31. The smallest absolute Gasteiger partial charge is 0.329 e. The van der Waals surface area contributed by atoms with E-state index in [1.807, 2.05) is 0 Å². The second-order valence-corrected chi connectivity index (χ2v) is 4.94. The topological polar surface area (TPSA) is 104 Å². The van der Waals surface area contributed by atoms with Gasteiger partial charge in [0.1, 0.15) is 6.20 Å². The van der Waals surface area contributed by atoms with Crippen LogP contribution in [0.1, 0.15) is 25.7 Å². The number of nitro groups is 1. The molecular weight excluding hydrogens is 262 g/mol. The van der Waals surface area contributed by atoms with Crippen molar-refractivity contribution in [3.8, 4) is 0 Å². The molecule has 8 heteroatoms. The molecule has 1 saturated carbocycles. The maximum Gasteiger partial charge on any atom is 0.329 e. The van der Waals surface area contributed by atoms with Crippen molar-refractivity contribution in [1.29, 1.82) is 0 Å². The van der Waals surface area contributed by atoms with Gasteiger partial charge in [-0.3, -0.25) is 10.1 Å². The summed E-state index contributed by atoms with van der Waals surface area (Å²) < 4.78 is 0. The number of nitrogens with zero attached hydrogens (tertiary/aromatic N) is 4. The third-order valence-corrected chi connectivity index (χ3v) is 3.70. The van der Waals surface area contributed by atoms with Crippen LogP contribution < -0.4 is 10.2 Å². The highest BCUT2D eigenvalue weighted by Gasteiger charge is 2.31. The van der Waals surface area contributed by atoms with Gasteiger partial charge >= 0.3 is 5.69 Å². The number of nitrogens with one attached hydrogen (secondary N) is 1. The summed E-state index contributed by atoms with van der Waals surface area (Å²) in [5, 5.41) is 24.0. The van der Waals surface area contributed by atoms with E-state index in [9.17, 15) is 15.2 Å². The quantitative estimate of drug-likeness (QED) is 0.630. The highest BCUT2D eigenvalue weighted by molar-refractivity contribution is 5.59. The Hall–Kier alpha value is -1.96. The van der Waals surface area contributed by atoms with Crippen molar-refractivity contribution in [3.05, 3.63) is 16.3 Å². The number of aliphatic hydroxyl groups excluding tert-OH is 1. The fourth-order valence-electron chi connectivity index (χ4n) is 2.58. The van der Waals surface area contributed by atoms with Crippen LogP contribution in [0.5, 0.6) is 0 Å². The molecule has 1 aliphatic carbocycles. The molecule has 1 aromatic rings. The summed E-state index contributed by atoms with van der Waals surface area (Å²) in [6.07, 6.45) is 4.21. The summed E-state index contributed by atoms with van der Waals surface area (Å²) in [4.78, 5) is 20.4. The summed E-state index contributed by atoms with van der Waals surface area (Å²) in [6, 6.07) is -0.151. The number of hydrogen-bond acceptors (Lipinski definition) is 7. The van der Waals surface area contributed by atoms with Gasteiger partial charge in [0.25, 0.3) is 0 Å². The Bertz CT molecular complexity index is 496. The average Bonchev–Trinajstić information content (AvgIpc) is 2.46. The molecular formula is C12H19N5O3. The molecule has 1 fully saturated rings. The Kier molecular flexibility index (Phi) is 4.33. The minimum atomic E-state index is -0.500. The molecule has 0 spiro atoms. The number of aliphatic hydroxyl groups is 1. The second kappa shape index (κ2) is 6.00. The summed E-state index contributed by atoms with van der Waals surface area (Å²) in [6.45, 7) is 0. The first-order chi connectivity index (χ1) is 9.54. The summed E-state index contributed by atoms with van der Waals surface area (Å²) in [5.41, 5.74) is -0.149. The Labute approximate surface area is 117 Å². The molecule has 0 bridgehead atoms. The fraction of sp³-hybridized carbons (Fsp3) is 0.667. The van der Waals surface area contributed by atoms with Gasteiger partial charge in [-0.05, 0) is 12.8 Å². The monoisotopic (exact) mass is 281 g/mol. The van der Waals surface area contributed by atoms with Gasteiger partial charge in [-0.1, -0.05) is 12.8 Å². The van der Waals surface area contributed by atoms with Crippen LogP contribution in [0.15, 0.2) is 6.20 Å². The zero-order valence-electron chi connectivity index (χ0n) is 11.6. The lowest BCUT2D eigenvalue weighted by atomic mass is 9.91. The maximum atomic E-state index is 11.1. The molecule has 1 aromatic heterocycles. The molecule has 2 rings (SSSR count). The Morgan fingerprint density at radius 1 is 1.50 bits per heavy atom. The van der Waals surface area contributed by atoms with Crippen LogP contribution in [0.25, 0.3) is 0 Å². The standard InChI is InChI=1S/C12H19N5O3/c1-13-12-14-7-9(17(19)20)11(15-12)16(2)8-5-3-4-6-10(8)18/h7-8,10,18H,3-6H2,1-2H3,(H,13,14,15). The van der Waals surface area contributed by atoms with E-state index in [4.69, 9.17) is 0 Å². The summed E-state index contributed by atoms with van der Waals surface area (Å²) in [7, 11) is 3.38. The van der Waals surface area contributed by atoms with Crippen molar-refractivity contribution in [2.24, 2.45) is 0 Å². The van der Waals surface area contributed by atoms with Crippen LogP contribution in [0, 0.1) is 10.1 Å². The van der Waals surface area contributed by atoms with Crippen molar-refractivity contribution in [2.45, 2.75) is 37.8 Å². The van der Waals surface area contributed by atoms with Crippen LogP contribution in [0.3, 0.4) is 0 Å². The van der Waals surface area contributed by atoms with Crippen molar-refractivity contribution < 1.29 is 10.0 Å². The molecule has 0 aromatic carbocycles. The van der Waals surface area contributed by atoms with Gasteiger partial charge in [-0.15, -0.1) is 0 Å². The van der Waals surface area contributed by atoms with Crippen LogP contribution in [-0.4, -0.2) is 46.2 Å². The Morgan fingerprint density at radius 3 is 2.80 bits per heavy atom. The third kappa shape index (κ3) is 2.79. The van der Waals surface area contributed by atoms with Crippen molar-refractivity contribution in [1.82, 2.24) is 9.97 Å². The second-order valence-electron chi connectivity index (χ2n) is 4.94. The molecule has 2 atom stereocenters. The third-order valence-electron chi connectivity index (χ3n) is 3.70. The molecule has 2 N–H and O–H groups in total. The molecule has 0 amide bonds. The lowest BCUT2D eigenvalue weighted by Crippen LogP contribution is -2.44. The van der Waals surface area contributed by atoms with Gasteiger partial charge < -0.3 is 15.3 Å². The first-order valence-electron chi connectivity index (χ1n) is 6.64. The maximum absolute atomic E-state index is 11.1. The normalized spacial score (nSPS) is 22.4. The highest BCUT2D eigenvalue weighted by atomic mass is 16.6. The largest absolute Gasteiger partial charge is 0.391 e. The first-order valence-corrected chi connectivity index (χ1v) is 6.64. The number of rotatable bonds is 4. The van der Waals surface area contributed by atoms with E-state index in [2.05, 4.69) is 15.3 Å². The van der Waals surface area contributed by atoms with Gasteiger partial charge in [0.05, 0.1) is 17.1 Å². The summed E-state index contributed by atoms with van der Waals surface area (Å²) in [5.74, 6) is 0.558. The molecule has 20 heavy (non-hydrogen) atoms. The SMILES string of the molecule is CNc1ncc([N+](=O)[O-])c(N(C)C2CCCCC2O)n1. The van der Waals surface area contributed by atoms with E-state index < -0.39 is 11.0 Å². The molecule has 1 aliphatic rings. The van der Waals surface area contributed by atoms with Crippen molar-refractivity contribution >= 4 is 17.5 Å². The number of anilines is 2. The van der Waals surface area contributed by atoms with Gasteiger partial charge in [0.15, 0.2) is 0 Å². The minimum absolute atomic E-state index is 0.149. The number of likely N-dealkylation sites (N-methyl/N-ethyl adjacent to an activating group) is 1.